The maximum Gasteiger partial charge on any atom is 0.131 e. The van der Waals surface area contributed by atoms with E-state index in [2.05, 4.69) is 26.1 Å². The lowest BCUT2D eigenvalue weighted by Crippen LogP contribution is -2.34. The summed E-state index contributed by atoms with van der Waals surface area (Å²) in [5.41, 5.74) is 0. The Kier molecular flexibility index (Phi) is 5.07. The fourth-order valence-corrected chi connectivity index (χ4v) is 2.75. The summed E-state index contributed by atoms with van der Waals surface area (Å²) in [6, 6.07) is 1.97. The van der Waals surface area contributed by atoms with E-state index < -0.39 is 0 Å². The second-order valence-electron chi connectivity index (χ2n) is 4.80. The minimum atomic E-state index is 0.902. The largest absolute Gasteiger partial charge is 0.467 e. The number of nitrogens with zero attached hydrogens (tertiary/aromatic N) is 1. The van der Waals surface area contributed by atoms with Gasteiger partial charge in [-0.05, 0) is 73.9 Å². The third-order valence-corrected chi connectivity index (χ3v) is 4.27. The van der Waals surface area contributed by atoms with Gasteiger partial charge in [0.25, 0.3) is 0 Å². The van der Waals surface area contributed by atoms with Gasteiger partial charge in [0.1, 0.15) is 5.76 Å². The van der Waals surface area contributed by atoms with Crippen LogP contribution in [0.2, 0.25) is 0 Å². The summed E-state index contributed by atoms with van der Waals surface area (Å²) >= 11 is 3.51. The summed E-state index contributed by atoms with van der Waals surface area (Å²) < 4.78 is 6.55. The number of nitrogens with one attached hydrogen (secondary N) is 1. The first-order valence-corrected chi connectivity index (χ1v) is 7.17. The van der Waals surface area contributed by atoms with Crippen molar-refractivity contribution in [1.82, 2.24) is 10.2 Å². The molecule has 17 heavy (non-hydrogen) atoms. The zero-order valence-corrected chi connectivity index (χ0v) is 12.0. The molecular weight excluding hydrogens is 280 g/mol. The van der Waals surface area contributed by atoms with Crippen molar-refractivity contribution in [2.24, 2.45) is 5.92 Å². The van der Waals surface area contributed by atoms with Crippen molar-refractivity contribution in [2.75, 3.05) is 26.7 Å². The molecule has 96 valence electrons. The molecule has 0 saturated carbocycles. The Labute approximate surface area is 112 Å². The molecule has 0 unspecified atom stereocenters. The Morgan fingerprint density at radius 3 is 2.82 bits per heavy atom. The van der Waals surface area contributed by atoms with Crippen LogP contribution in [0.15, 0.2) is 21.2 Å². The molecule has 0 radical (unpaired) electrons. The molecule has 0 atom stereocenters. The van der Waals surface area contributed by atoms with E-state index in [1.54, 1.807) is 6.26 Å². The number of piperidine rings is 1. The maximum atomic E-state index is 5.46. The molecule has 1 aliphatic rings. The van der Waals surface area contributed by atoms with Crippen LogP contribution in [0, 0.1) is 5.92 Å². The molecule has 2 heterocycles. The van der Waals surface area contributed by atoms with Crippen molar-refractivity contribution in [2.45, 2.75) is 25.8 Å². The Balaban J connectivity index is 1.74. The van der Waals surface area contributed by atoms with Gasteiger partial charge in [-0.2, -0.15) is 0 Å². The van der Waals surface area contributed by atoms with Gasteiger partial charge < -0.3 is 9.73 Å². The van der Waals surface area contributed by atoms with Crippen LogP contribution in [0.3, 0.4) is 0 Å². The van der Waals surface area contributed by atoms with E-state index in [1.165, 1.54) is 32.4 Å². The quantitative estimate of drug-likeness (QED) is 0.906. The first kappa shape index (κ1) is 13.1. The van der Waals surface area contributed by atoms with Gasteiger partial charge >= 0.3 is 0 Å². The van der Waals surface area contributed by atoms with E-state index >= 15 is 0 Å². The third-order valence-electron chi connectivity index (χ3n) is 3.57. The fraction of sp³-hybridized carbons (Fsp3) is 0.692. The summed E-state index contributed by atoms with van der Waals surface area (Å²) in [5.74, 6) is 1.96. The van der Waals surface area contributed by atoms with E-state index in [0.29, 0.717) is 0 Å². The van der Waals surface area contributed by atoms with Gasteiger partial charge in [-0.3, -0.25) is 4.90 Å². The average Bonchev–Trinajstić information content (AvgIpc) is 2.74. The Bertz CT molecular complexity index is 332. The molecule has 0 aromatic carbocycles. The van der Waals surface area contributed by atoms with Crippen LogP contribution < -0.4 is 5.32 Å². The highest BCUT2D eigenvalue weighted by Gasteiger charge is 2.20. The standard InChI is InChI=1S/C13H21BrN2O/c1-15-6-2-11-3-7-16(8-4-11)10-13-12(14)5-9-17-13/h5,9,11,15H,2-4,6-8,10H2,1H3. The molecule has 2 rings (SSSR count). The van der Waals surface area contributed by atoms with Gasteiger partial charge in [0.15, 0.2) is 0 Å². The lowest BCUT2D eigenvalue weighted by atomic mass is 9.93. The Morgan fingerprint density at radius 2 is 2.24 bits per heavy atom. The molecular formula is C13H21BrN2O. The van der Waals surface area contributed by atoms with Crippen molar-refractivity contribution in [3.05, 3.63) is 22.6 Å². The lowest BCUT2D eigenvalue weighted by molar-refractivity contribution is 0.162. The number of hydrogen-bond donors (Lipinski definition) is 1. The molecule has 1 aromatic heterocycles. The van der Waals surface area contributed by atoms with E-state index in [-0.39, 0.29) is 0 Å². The molecule has 0 bridgehead atoms. The Morgan fingerprint density at radius 1 is 1.47 bits per heavy atom. The SMILES string of the molecule is CNCCC1CCN(Cc2occc2Br)CC1. The summed E-state index contributed by atoms with van der Waals surface area (Å²) in [4.78, 5) is 2.49. The average molecular weight is 301 g/mol. The predicted molar refractivity (Wildman–Crippen MR) is 73.0 cm³/mol. The number of halogens is 1. The van der Waals surface area contributed by atoms with Gasteiger partial charge in [-0.15, -0.1) is 0 Å². The molecule has 1 saturated heterocycles. The van der Waals surface area contributed by atoms with Gasteiger partial charge in [0.2, 0.25) is 0 Å². The molecule has 1 fully saturated rings. The smallest absolute Gasteiger partial charge is 0.131 e. The summed E-state index contributed by atoms with van der Waals surface area (Å²) in [7, 11) is 2.03. The highest BCUT2D eigenvalue weighted by molar-refractivity contribution is 9.10. The van der Waals surface area contributed by atoms with Crippen LogP contribution in [0.1, 0.15) is 25.0 Å². The van der Waals surface area contributed by atoms with Crippen molar-refractivity contribution >= 4 is 15.9 Å². The second kappa shape index (κ2) is 6.57. The number of hydrogen-bond acceptors (Lipinski definition) is 3. The van der Waals surface area contributed by atoms with Crippen molar-refractivity contribution in [1.29, 1.82) is 0 Å². The molecule has 0 aliphatic carbocycles. The summed E-state index contributed by atoms with van der Waals surface area (Å²) in [5, 5.41) is 3.24. The van der Waals surface area contributed by atoms with E-state index in [4.69, 9.17) is 4.42 Å². The first-order chi connectivity index (χ1) is 8.29. The molecule has 4 heteroatoms. The summed E-state index contributed by atoms with van der Waals surface area (Å²) in [6.45, 7) is 4.48. The lowest BCUT2D eigenvalue weighted by Gasteiger charge is -2.31. The maximum absolute atomic E-state index is 5.46. The predicted octanol–water partition coefficient (Wildman–Crippen LogP) is 2.86. The number of furan rings is 1. The van der Waals surface area contributed by atoms with Crippen LogP contribution in [0.25, 0.3) is 0 Å². The number of rotatable bonds is 5. The minimum absolute atomic E-state index is 0.902. The normalized spacial score (nSPS) is 18.7. The molecule has 1 N–H and O–H groups in total. The van der Waals surface area contributed by atoms with Gasteiger partial charge in [0.05, 0.1) is 17.3 Å². The summed E-state index contributed by atoms with van der Waals surface area (Å²) in [6.07, 6.45) is 5.70. The zero-order valence-electron chi connectivity index (χ0n) is 10.4. The minimum Gasteiger partial charge on any atom is -0.467 e. The van der Waals surface area contributed by atoms with Crippen molar-refractivity contribution < 1.29 is 4.42 Å². The third kappa shape index (κ3) is 3.83. The molecule has 3 nitrogen and oxygen atoms in total. The highest BCUT2D eigenvalue weighted by atomic mass is 79.9. The Hall–Kier alpha value is -0.320. The van der Waals surface area contributed by atoms with Gasteiger partial charge in [0, 0.05) is 0 Å². The van der Waals surface area contributed by atoms with Crippen LogP contribution in [-0.2, 0) is 6.54 Å². The molecule has 0 amide bonds. The number of likely N-dealkylation sites (tertiary alicyclic amines) is 1. The second-order valence-corrected chi connectivity index (χ2v) is 5.66. The van der Waals surface area contributed by atoms with Crippen molar-refractivity contribution in [3.8, 4) is 0 Å². The zero-order chi connectivity index (χ0) is 12.1. The van der Waals surface area contributed by atoms with Gasteiger partial charge in [-0.1, -0.05) is 0 Å². The van der Waals surface area contributed by atoms with E-state index in [0.717, 1.165) is 29.2 Å². The molecule has 0 spiro atoms. The van der Waals surface area contributed by atoms with E-state index in [1.807, 2.05) is 13.1 Å². The van der Waals surface area contributed by atoms with Crippen LogP contribution in [0.4, 0.5) is 0 Å². The molecule has 1 aromatic rings. The van der Waals surface area contributed by atoms with Gasteiger partial charge in [-0.25, -0.2) is 0 Å². The van der Waals surface area contributed by atoms with Crippen LogP contribution >= 0.6 is 15.9 Å². The van der Waals surface area contributed by atoms with E-state index in [9.17, 15) is 0 Å². The van der Waals surface area contributed by atoms with Crippen LogP contribution in [-0.4, -0.2) is 31.6 Å². The monoisotopic (exact) mass is 300 g/mol. The molecule has 1 aliphatic heterocycles. The van der Waals surface area contributed by atoms with Crippen LogP contribution in [0.5, 0.6) is 0 Å². The highest BCUT2D eigenvalue weighted by Crippen LogP contribution is 2.24. The van der Waals surface area contributed by atoms with Crippen molar-refractivity contribution in [3.63, 3.8) is 0 Å². The fourth-order valence-electron chi connectivity index (χ4n) is 2.42. The first-order valence-electron chi connectivity index (χ1n) is 6.38. The topological polar surface area (TPSA) is 28.4 Å².